The molecule has 1 heterocycles. The molecule has 0 aliphatic rings. The van der Waals surface area contributed by atoms with Crippen LogP contribution >= 0.6 is 0 Å². The molecule has 0 fully saturated rings. The first kappa shape index (κ1) is 13.4. The summed E-state index contributed by atoms with van der Waals surface area (Å²) in [5, 5.41) is 2.70. The van der Waals surface area contributed by atoms with Gasteiger partial charge >= 0.3 is 0 Å². The van der Waals surface area contributed by atoms with E-state index in [0.29, 0.717) is 11.8 Å². The van der Waals surface area contributed by atoms with Gasteiger partial charge in [0, 0.05) is 11.8 Å². The topological polar surface area (TPSA) is 24.9 Å². The number of nitrogens with zero attached hydrogens (tertiary/aromatic N) is 1. The minimum absolute atomic E-state index is 0.206. The lowest BCUT2D eigenvalue weighted by Gasteiger charge is -2.14. The molecule has 0 saturated heterocycles. The average molecular weight is 266 g/mol. The second-order valence-corrected chi connectivity index (χ2v) is 4.46. The lowest BCUT2D eigenvalue weighted by atomic mass is 10.0. The van der Waals surface area contributed by atoms with Gasteiger partial charge in [0.2, 0.25) is 0 Å². The molecule has 1 aromatic heterocycles. The van der Waals surface area contributed by atoms with E-state index in [4.69, 9.17) is 0 Å². The van der Waals surface area contributed by atoms with Gasteiger partial charge in [-0.05, 0) is 17.5 Å². The van der Waals surface area contributed by atoms with Crippen molar-refractivity contribution in [2.45, 2.75) is 19.8 Å². The summed E-state index contributed by atoms with van der Waals surface area (Å²) < 4.78 is 39.3. The predicted molar refractivity (Wildman–Crippen MR) is 67.9 cm³/mol. The lowest BCUT2D eigenvalue weighted by Crippen LogP contribution is -2.04. The minimum Gasteiger partial charge on any atom is -0.337 e. The van der Waals surface area contributed by atoms with Crippen molar-refractivity contribution >= 4 is 11.5 Å². The fraction of sp³-hybridized carbons (Fsp3) is 0.214. The van der Waals surface area contributed by atoms with E-state index in [1.807, 2.05) is 26.0 Å². The summed E-state index contributed by atoms with van der Waals surface area (Å²) in [5.41, 5.74) is 1.56. The monoisotopic (exact) mass is 266 g/mol. The average Bonchev–Trinajstić information content (AvgIpc) is 2.36. The van der Waals surface area contributed by atoms with Gasteiger partial charge in [0.1, 0.15) is 0 Å². The molecule has 0 aliphatic carbocycles. The van der Waals surface area contributed by atoms with Crippen LogP contribution in [0.3, 0.4) is 0 Å². The summed E-state index contributed by atoms with van der Waals surface area (Å²) in [6, 6.07) is 7.71. The molecule has 19 heavy (non-hydrogen) atoms. The number of rotatable bonds is 3. The Kier molecular flexibility index (Phi) is 3.74. The highest BCUT2D eigenvalue weighted by molar-refractivity contribution is 5.61. The van der Waals surface area contributed by atoms with Crippen LogP contribution in [0.4, 0.5) is 24.7 Å². The van der Waals surface area contributed by atoms with Crippen LogP contribution in [0.2, 0.25) is 0 Å². The Labute approximate surface area is 109 Å². The molecule has 100 valence electrons. The molecule has 0 amide bonds. The van der Waals surface area contributed by atoms with E-state index >= 15 is 0 Å². The highest BCUT2D eigenvalue weighted by Gasteiger charge is 2.13. The fourth-order valence-corrected chi connectivity index (χ4v) is 1.77. The van der Waals surface area contributed by atoms with Gasteiger partial charge in [-0.1, -0.05) is 32.0 Å². The zero-order valence-corrected chi connectivity index (χ0v) is 10.5. The summed E-state index contributed by atoms with van der Waals surface area (Å²) in [4.78, 5) is 3.24. The Morgan fingerprint density at radius 1 is 1.05 bits per heavy atom. The fourth-order valence-electron chi connectivity index (χ4n) is 1.77. The van der Waals surface area contributed by atoms with Crippen molar-refractivity contribution in [3.63, 3.8) is 0 Å². The number of nitrogens with one attached hydrogen (secondary N) is 1. The second-order valence-electron chi connectivity index (χ2n) is 4.46. The summed E-state index contributed by atoms with van der Waals surface area (Å²) >= 11 is 0. The third kappa shape index (κ3) is 2.86. The van der Waals surface area contributed by atoms with Gasteiger partial charge in [-0.15, -0.1) is 0 Å². The molecule has 0 bridgehead atoms. The third-order valence-electron chi connectivity index (χ3n) is 2.72. The molecule has 5 heteroatoms. The van der Waals surface area contributed by atoms with Gasteiger partial charge in [0.15, 0.2) is 17.5 Å². The van der Waals surface area contributed by atoms with Crippen molar-refractivity contribution < 1.29 is 13.2 Å². The van der Waals surface area contributed by atoms with Crippen LogP contribution in [0, 0.1) is 17.6 Å². The van der Waals surface area contributed by atoms with E-state index < -0.39 is 17.6 Å². The third-order valence-corrected chi connectivity index (χ3v) is 2.72. The Hall–Kier alpha value is -2.04. The highest BCUT2D eigenvalue weighted by atomic mass is 19.2. The van der Waals surface area contributed by atoms with Crippen LogP contribution in [0.25, 0.3) is 0 Å². The maximum absolute atomic E-state index is 13.5. The first-order valence-corrected chi connectivity index (χ1v) is 5.86. The molecule has 1 aromatic carbocycles. The zero-order chi connectivity index (χ0) is 14.0. The van der Waals surface area contributed by atoms with Crippen LogP contribution in [-0.2, 0) is 0 Å². The number of benzene rings is 1. The number of halogens is 3. The van der Waals surface area contributed by atoms with Crippen molar-refractivity contribution in [2.24, 2.45) is 0 Å². The molecule has 0 unspecified atom stereocenters. The summed E-state index contributed by atoms with van der Waals surface area (Å²) in [7, 11) is 0. The maximum atomic E-state index is 13.5. The van der Waals surface area contributed by atoms with Gasteiger partial charge in [-0.3, -0.25) is 0 Å². The molecule has 0 atom stereocenters. The molecule has 2 nitrogen and oxygen atoms in total. The van der Waals surface area contributed by atoms with E-state index in [1.54, 1.807) is 12.1 Å². The predicted octanol–water partition coefficient (Wildman–Crippen LogP) is 4.37. The molecule has 0 spiro atoms. The Morgan fingerprint density at radius 3 is 2.42 bits per heavy atom. The van der Waals surface area contributed by atoms with E-state index in [-0.39, 0.29) is 11.7 Å². The van der Waals surface area contributed by atoms with Gasteiger partial charge < -0.3 is 5.32 Å². The van der Waals surface area contributed by atoms with Crippen LogP contribution in [0.5, 0.6) is 0 Å². The Balaban J connectivity index is 2.39. The number of pyridine rings is 1. The van der Waals surface area contributed by atoms with Crippen LogP contribution in [0.1, 0.15) is 25.3 Å². The van der Waals surface area contributed by atoms with Crippen molar-refractivity contribution in [1.82, 2.24) is 4.98 Å². The Bertz CT molecular complexity index is 597. The number of hydrogen-bond donors (Lipinski definition) is 1. The zero-order valence-electron chi connectivity index (χ0n) is 10.5. The van der Waals surface area contributed by atoms with Crippen LogP contribution < -0.4 is 5.32 Å². The molecule has 0 aliphatic heterocycles. The molecule has 2 aromatic rings. The standard InChI is InChI=1S/C14H13F3N2/c1-8(2)9-5-3-4-6-12(9)18-14-11(16)7-10(15)13(17)19-14/h3-8H,1-2H3,(H,18,19). The molecular weight excluding hydrogens is 253 g/mol. The minimum atomic E-state index is -1.33. The van der Waals surface area contributed by atoms with Gasteiger partial charge in [0.25, 0.3) is 5.95 Å². The lowest BCUT2D eigenvalue weighted by molar-refractivity contribution is 0.467. The van der Waals surface area contributed by atoms with Gasteiger partial charge in [-0.2, -0.15) is 9.37 Å². The van der Waals surface area contributed by atoms with E-state index in [0.717, 1.165) is 5.56 Å². The molecule has 2 rings (SSSR count). The van der Waals surface area contributed by atoms with Gasteiger partial charge in [-0.25, -0.2) is 8.78 Å². The van der Waals surface area contributed by atoms with Crippen molar-refractivity contribution in [2.75, 3.05) is 5.32 Å². The smallest absolute Gasteiger partial charge is 0.251 e. The quantitative estimate of drug-likeness (QED) is 0.834. The number of para-hydroxylation sites is 1. The summed E-state index contributed by atoms with van der Waals surface area (Å²) in [6.07, 6.45) is 0. The maximum Gasteiger partial charge on any atom is 0.251 e. The normalized spacial score (nSPS) is 10.8. The van der Waals surface area contributed by atoms with Crippen LogP contribution in [-0.4, -0.2) is 4.98 Å². The van der Waals surface area contributed by atoms with Crippen molar-refractivity contribution in [3.8, 4) is 0 Å². The molecule has 0 radical (unpaired) electrons. The number of anilines is 2. The van der Waals surface area contributed by atoms with Crippen molar-refractivity contribution in [3.05, 3.63) is 53.5 Å². The van der Waals surface area contributed by atoms with Gasteiger partial charge in [0.05, 0.1) is 0 Å². The van der Waals surface area contributed by atoms with Crippen LogP contribution in [0.15, 0.2) is 30.3 Å². The van der Waals surface area contributed by atoms with E-state index in [1.165, 1.54) is 0 Å². The summed E-state index contributed by atoms with van der Waals surface area (Å²) in [5.74, 6) is -3.69. The summed E-state index contributed by atoms with van der Waals surface area (Å²) in [6.45, 7) is 3.96. The SMILES string of the molecule is CC(C)c1ccccc1Nc1nc(F)c(F)cc1F. The highest BCUT2D eigenvalue weighted by Crippen LogP contribution is 2.27. The number of hydrogen-bond acceptors (Lipinski definition) is 2. The molecule has 0 saturated carbocycles. The molecule has 1 N–H and O–H groups in total. The first-order valence-electron chi connectivity index (χ1n) is 5.86. The second kappa shape index (κ2) is 5.30. The van der Waals surface area contributed by atoms with Crippen molar-refractivity contribution in [1.29, 1.82) is 0 Å². The Morgan fingerprint density at radius 2 is 1.74 bits per heavy atom. The number of aromatic nitrogens is 1. The largest absolute Gasteiger partial charge is 0.337 e. The van der Waals surface area contributed by atoms with E-state index in [2.05, 4.69) is 10.3 Å². The molecular formula is C14H13F3N2. The first-order chi connectivity index (χ1) is 8.99. The van der Waals surface area contributed by atoms with E-state index in [9.17, 15) is 13.2 Å².